The van der Waals surface area contributed by atoms with Gasteiger partial charge in [-0.15, -0.1) is 0 Å². The van der Waals surface area contributed by atoms with Crippen molar-refractivity contribution in [1.82, 2.24) is 0 Å². The third-order valence-electron chi connectivity index (χ3n) is 3.30. The highest BCUT2D eigenvalue weighted by Gasteiger charge is 2.17. The number of anilines is 1. The van der Waals surface area contributed by atoms with Gasteiger partial charge in [-0.3, -0.25) is 4.72 Å². The molecule has 2 aromatic rings. The van der Waals surface area contributed by atoms with Crippen LogP contribution in [-0.4, -0.2) is 26.6 Å². The highest BCUT2D eigenvalue weighted by Crippen LogP contribution is 2.24. The van der Waals surface area contributed by atoms with Crippen LogP contribution in [0.4, 0.5) is 5.69 Å². The molecule has 2 aromatic carbocycles. The van der Waals surface area contributed by atoms with Crippen molar-refractivity contribution in [3.63, 3.8) is 0 Å². The molecule has 0 heterocycles. The fourth-order valence-corrected chi connectivity index (χ4v) is 3.23. The van der Waals surface area contributed by atoms with Gasteiger partial charge in [-0.1, -0.05) is 13.0 Å². The molecule has 0 radical (unpaired) electrons. The van der Waals surface area contributed by atoms with E-state index in [1.807, 2.05) is 6.92 Å². The number of sulfonamides is 1. The third kappa shape index (κ3) is 3.81. The van der Waals surface area contributed by atoms with Gasteiger partial charge in [0.2, 0.25) is 0 Å². The minimum Gasteiger partial charge on any atom is -0.496 e. The van der Waals surface area contributed by atoms with Crippen molar-refractivity contribution in [2.75, 3.05) is 11.8 Å². The molecule has 0 aromatic heterocycles. The fraction of sp³-hybridized carbons (Fsp3) is 0.188. The molecule has 2 N–H and O–H groups in total. The summed E-state index contributed by atoms with van der Waals surface area (Å²) in [7, 11) is -2.29. The molecule has 0 unspecified atom stereocenters. The van der Waals surface area contributed by atoms with E-state index >= 15 is 0 Å². The van der Waals surface area contributed by atoms with Crippen LogP contribution in [0.2, 0.25) is 0 Å². The zero-order valence-corrected chi connectivity index (χ0v) is 13.6. The smallest absolute Gasteiger partial charge is 0.335 e. The van der Waals surface area contributed by atoms with Gasteiger partial charge in [0, 0.05) is 5.69 Å². The number of carbonyl (C=O) groups is 1. The van der Waals surface area contributed by atoms with Gasteiger partial charge in [-0.25, -0.2) is 13.2 Å². The van der Waals surface area contributed by atoms with Crippen LogP contribution in [0.25, 0.3) is 0 Å². The van der Waals surface area contributed by atoms with Gasteiger partial charge >= 0.3 is 5.97 Å². The van der Waals surface area contributed by atoms with E-state index in [0.717, 1.165) is 5.56 Å². The van der Waals surface area contributed by atoms with Crippen LogP contribution in [0.15, 0.2) is 47.4 Å². The first-order valence-corrected chi connectivity index (χ1v) is 8.38. The SMILES string of the molecule is CCc1cc(S(=O)(=O)Nc2cccc(C(=O)O)c2)ccc1OC. The molecule has 0 aliphatic rings. The van der Waals surface area contributed by atoms with Gasteiger partial charge in [0.05, 0.1) is 17.6 Å². The van der Waals surface area contributed by atoms with Gasteiger partial charge in [0.15, 0.2) is 0 Å². The lowest BCUT2D eigenvalue weighted by atomic mass is 10.1. The summed E-state index contributed by atoms with van der Waals surface area (Å²) in [5, 5.41) is 8.96. The maximum atomic E-state index is 12.5. The van der Waals surface area contributed by atoms with E-state index in [9.17, 15) is 13.2 Å². The van der Waals surface area contributed by atoms with Crippen molar-refractivity contribution >= 4 is 21.7 Å². The van der Waals surface area contributed by atoms with Crippen LogP contribution in [0, 0.1) is 0 Å². The molecule has 0 amide bonds. The molecule has 0 bridgehead atoms. The number of methoxy groups -OCH3 is 1. The second-order valence-corrected chi connectivity index (χ2v) is 6.50. The quantitative estimate of drug-likeness (QED) is 0.847. The van der Waals surface area contributed by atoms with Gasteiger partial charge in [0.25, 0.3) is 10.0 Å². The molecular weight excluding hydrogens is 318 g/mol. The fourth-order valence-electron chi connectivity index (χ4n) is 2.13. The number of aromatic carboxylic acids is 1. The molecule has 122 valence electrons. The number of aryl methyl sites for hydroxylation is 1. The van der Waals surface area contributed by atoms with Gasteiger partial charge in [-0.2, -0.15) is 0 Å². The first-order chi connectivity index (χ1) is 10.9. The Morgan fingerprint density at radius 2 is 1.96 bits per heavy atom. The molecule has 2 rings (SSSR count). The Hall–Kier alpha value is -2.54. The standard InChI is InChI=1S/C16H17NO5S/c1-3-11-10-14(7-8-15(11)22-2)23(20,21)17-13-6-4-5-12(9-13)16(18)19/h4-10,17H,3H2,1-2H3,(H,18,19). The van der Waals surface area contributed by atoms with E-state index in [2.05, 4.69) is 4.72 Å². The zero-order chi connectivity index (χ0) is 17.0. The van der Waals surface area contributed by atoms with Gasteiger partial charge in [-0.05, 0) is 48.4 Å². The Bertz CT molecular complexity index is 830. The van der Waals surface area contributed by atoms with E-state index in [1.54, 1.807) is 12.1 Å². The number of benzene rings is 2. The van der Waals surface area contributed by atoms with Crippen molar-refractivity contribution in [2.24, 2.45) is 0 Å². The number of carboxylic acid groups (broad SMARTS) is 1. The van der Waals surface area contributed by atoms with E-state index < -0.39 is 16.0 Å². The Balaban J connectivity index is 2.35. The molecule has 23 heavy (non-hydrogen) atoms. The summed E-state index contributed by atoms with van der Waals surface area (Å²) < 4.78 is 32.5. The minimum atomic E-state index is -3.81. The second kappa shape index (κ2) is 6.70. The van der Waals surface area contributed by atoms with Crippen molar-refractivity contribution < 1.29 is 23.1 Å². The first-order valence-electron chi connectivity index (χ1n) is 6.90. The number of hydrogen-bond acceptors (Lipinski definition) is 4. The predicted octanol–water partition coefficient (Wildman–Crippen LogP) is 2.76. The average Bonchev–Trinajstić information content (AvgIpc) is 2.53. The highest BCUT2D eigenvalue weighted by atomic mass is 32.2. The normalized spacial score (nSPS) is 11.0. The van der Waals surface area contributed by atoms with Crippen LogP contribution < -0.4 is 9.46 Å². The van der Waals surface area contributed by atoms with Crippen LogP contribution in [0.3, 0.4) is 0 Å². The summed E-state index contributed by atoms with van der Waals surface area (Å²) in [5.74, 6) is -0.497. The van der Waals surface area contributed by atoms with Crippen molar-refractivity contribution in [3.05, 3.63) is 53.6 Å². The van der Waals surface area contributed by atoms with Crippen LogP contribution in [0.1, 0.15) is 22.8 Å². The first kappa shape index (κ1) is 16.8. The maximum Gasteiger partial charge on any atom is 0.335 e. The summed E-state index contributed by atoms with van der Waals surface area (Å²) in [5.41, 5.74) is 0.975. The maximum absolute atomic E-state index is 12.5. The van der Waals surface area contributed by atoms with Crippen LogP contribution in [-0.2, 0) is 16.4 Å². The Labute approximate surface area is 134 Å². The van der Waals surface area contributed by atoms with Crippen molar-refractivity contribution in [3.8, 4) is 5.75 Å². The topological polar surface area (TPSA) is 92.7 Å². The predicted molar refractivity (Wildman–Crippen MR) is 86.6 cm³/mol. The molecule has 0 saturated carbocycles. The lowest BCUT2D eigenvalue weighted by molar-refractivity contribution is 0.0697. The largest absolute Gasteiger partial charge is 0.496 e. The van der Waals surface area contributed by atoms with Gasteiger partial charge in [0.1, 0.15) is 5.75 Å². The number of nitrogens with one attached hydrogen (secondary N) is 1. The highest BCUT2D eigenvalue weighted by molar-refractivity contribution is 7.92. The van der Waals surface area contributed by atoms with E-state index in [0.29, 0.717) is 12.2 Å². The van der Waals surface area contributed by atoms with E-state index in [-0.39, 0.29) is 16.1 Å². The lowest BCUT2D eigenvalue weighted by Gasteiger charge is -2.12. The number of ether oxygens (including phenoxy) is 1. The molecule has 7 heteroatoms. The molecule has 0 spiro atoms. The van der Waals surface area contributed by atoms with Gasteiger partial charge < -0.3 is 9.84 Å². The molecule has 0 aliphatic heterocycles. The second-order valence-electron chi connectivity index (χ2n) is 4.82. The summed E-state index contributed by atoms with van der Waals surface area (Å²) in [6.45, 7) is 1.90. The Morgan fingerprint density at radius 3 is 2.57 bits per heavy atom. The van der Waals surface area contributed by atoms with Crippen molar-refractivity contribution in [2.45, 2.75) is 18.2 Å². The van der Waals surface area contributed by atoms with E-state index in [4.69, 9.17) is 9.84 Å². The molecule has 0 saturated heterocycles. The van der Waals surface area contributed by atoms with Crippen molar-refractivity contribution in [1.29, 1.82) is 0 Å². The summed E-state index contributed by atoms with van der Waals surface area (Å²) in [6.07, 6.45) is 0.626. The van der Waals surface area contributed by atoms with Crippen LogP contribution in [0.5, 0.6) is 5.75 Å². The molecule has 6 nitrogen and oxygen atoms in total. The molecule has 0 fully saturated rings. The Kier molecular flexibility index (Phi) is 4.90. The van der Waals surface area contributed by atoms with E-state index in [1.165, 1.54) is 37.4 Å². The zero-order valence-electron chi connectivity index (χ0n) is 12.7. The summed E-state index contributed by atoms with van der Waals surface area (Å²) >= 11 is 0. The Morgan fingerprint density at radius 1 is 1.22 bits per heavy atom. The van der Waals surface area contributed by atoms with Crippen LogP contribution >= 0.6 is 0 Å². The lowest BCUT2D eigenvalue weighted by Crippen LogP contribution is -2.14. The molecule has 0 aliphatic carbocycles. The average molecular weight is 335 g/mol. The third-order valence-corrected chi connectivity index (χ3v) is 4.68. The monoisotopic (exact) mass is 335 g/mol. The molecular formula is C16H17NO5S. The summed E-state index contributed by atoms with van der Waals surface area (Å²) in [4.78, 5) is 11.0. The molecule has 0 atom stereocenters. The summed E-state index contributed by atoms with van der Waals surface area (Å²) in [6, 6.07) is 10.2. The minimum absolute atomic E-state index is 0.00850. The number of hydrogen-bond donors (Lipinski definition) is 2. The number of carboxylic acids is 1. The number of rotatable bonds is 6.